The fourth-order valence-electron chi connectivity index (χ4n) is 2.35. The van der Waals surface area contributed by atoms with Crippen LogP contribution in [0.15, 0.2) is 63.5 Å². The van der Waals surface area contributed by atoms with E-state index in [4.69, 9.17) is 9.47 Å². The predicted octanol–water partition coefficient (Wildman–Crippen LogP) is 5.98. The van der Waals surface area contributed by atoms with Crippen LogP contribution in [0.1, 0.15) is 17.3 Å². The van der Waals surface area contributed by atoms with Crippen LogP contribution in [-0.4, -0.2) is 12.6 Å². The molecule has 5 heteroatoms. The van der Waals surface area contributed by atoms with Gasteiger partial charge in [-0.25, -0.2) is 4.79 Å². The minimum Gasteiger partial charge on any atom is -0.493 e. The maximum absolute atomic E-state index is 12.4. The molecule has 0 radical (unpaired) electrons. The Balaban J connectivity index is 1.87. The highest BCUT2D eigenvalue weighted by molar-refractivity contribution is 9.11. The van der Waals surface area contributed by atoms with E-state index in [0.29, 0.717) is 23.7 Å². The van der Waals surface area contributed by atoms with Gasteiger partial charge in [0.1, 0.15) is 11.5 Å². The predicted molar refractivity (Wildman–Crippen MR) is 102 cm³/mol. The smallest absolute Gasteiger partial charge is 0.343 e. The van der Waals surface area contributed by atoms with Gasteiger partial charge in [-0.3, -0.25) is 0 Å². The first-order valence-electron chi connectivity index (χ1n) is 7.42. The highest BCUT2D eigenvalue weighted by Crippen LogP contribution is 2.34. The van der Waals surface area contributed by atoms with Crippen molar-refractivity contribution in [3.8, 4) is 11.5 Å². The minimum absolute atomic E-state index is 0.422. The molecule has 3 nitrogen and oxygen atoms in total. The summed E-state index contributed by atoms with van der Waals surface area (Å²) in [5.41, 5.74) is 0.449. The van der Waals surface area contributed by atoms with E-state index in [-0.39, 0.29) is 0 Å². The van der Waals surface area contributed by atoms with Crippen LogP contribution in [-0.2, 0) is 0 Å². The summed E-state index contributed by atoms with van der Waals surface area (Å²) in [5.74, 6) is 0.763. The van der Waals surface area contributed by atoms with Crippen molar-refractivity contribution in [3.63, 3.8) is 0 Å². The lowest BCUT2D eigenvalue weighted by molar-refractivity contribution is 0.0733. The molecule has 122 valence electrons. The largest absolute Gasteiger partial charge is 0.493 e. The lowest BCUT2D eigenvalue weighted by Crippen LogP contribution is -2.09. The fourth-order valence-corrected chi connectivity index (χ4v) is 3.42. The van der Waals surface area contributed by atoms with E-state index in [1.807, 2.05) is 37.3 Å². The molecule has 3 aromatic rings. The molecule has 0 aliphatic heterocycles. The number of carbonyl (C=O) groups excluding carboxylic acids is 1. The van der Waals surface area contributed by atoms with Gasteiger partial charge >= 0.3 is 5.97 Å². The first kappa shape index (κ1) is 17.0. The minimum atomic E-state index is -0.422. The summed E-state index contributed by atoms with van der Waals surface area (Å²) in [6.45, 7) is 2.47. The third kappa shape index (κ3) is 3.47. The van der Waals surface area contributed by atoms with Gasteiger partial charge in [0.15, 0.2) is 0 Å². The Kier molecular flexibility index (Phi) is 5.21. The molecule has 3 rings (SSSR count). The Labute approximate surface area is 156 Å². The number of esters is 1. The molecule has 0 saturated heterocycles. The molecule has 0 unspecified atom stereocenters. The average Bonchev–Trinajstić information content (AvgIpc) is 2.59. The normalized spacial score (nSPS) is 10.6. The maximum atomic E-state index is 12.4. The summed E-state index contributed by atoms with van der Waals surface area (Å²) in [5, 5.41) is 2.07. The Morgan fingerprint density at radius 2 is 1.75 bits per heavy atom. The van der Waals surface area contributed by atoms with Gasteiger partial charge in [-0.15, -0.1) is 0 Å². The van der Waals surface area contributed by atoms with Gasteiger partial charge in [0.25, 0.3) is 0 Å². The number of hydrogen-bond donors (Lipinski definition) is 0. The van der Waals surface area contributed by atoms with Crippen molar-refractivity contribution in [1.82, 2.24) is 0 Å². The van der Waals surface area contributed by atoms with E-state index in [9.17, 15) is 4.79 Å². The van der Waals surface area contributed by atoms with E-state index in [1.165, 1.54) is 0 Å². The van der Waals surface area contributed by atoms with Crippen LogP contribution < -0.4 is 9.47 Å². The van der Waals surface area contributed by atoms with Crippen molar-refractivity contribution in [3.05, 3.63) is 69.1 Å². The molecule has 0 atom stereocenters. The van der Waals surface area contributed by atoms with Crippen LogP contribution in [0, 0.1) is 0 Å². The monoisotopic (exact) mass is 448 g/mol. The quantitative estimate of drug-likeness (QED) is 0.363. The van der Waals surface area contributed by atoms with Crippen LogP contribution in [0.2, 0.25) is 0 Å². The van der Waals surface area contributed by atoms with Gasteiger partial charge in [0.05, 0.1) is 21.1 Å². The summed E-state index contributed by atoms with van der Waals surface area (Å²) in [7, 11) is 0. The summed E-state index contributed by atoms with van der Waals surface area (Å²) in [4.78, 5) is 12.4. The van der Waals surface area contributed by atoms with E-state index in [0.717, 1.165) is 19.7 Å². The fraction of sp³-hybridized carbons (Fsp3) is 0.105. The Hall–Kier alpha value is -1.85. The summed E-state index contributed by atoms with van der Waals surface area (Å²) < 4.78 is 12.5. The van der Waals surface area contributed by atoms with Crippen LogP contribution in [0.3, 0.4) is 0 Å². The number of ether oxygens (including phenoxy) is 2. The number of carbonyl (C=O) groups is 1. The van der Waals surface area contributed by atoms with Crippen LogP contribution >= 0.6 is 31.9 Å². The SMILES string of the molecule is CCOc1ccc(C(=O)Oc2ccc3ccccc3c2Br)cc1Br. The number of fused-ring (bicyclic) bond motifs is 1. The molecule has 0 bridgehead atoms. The van der Waals surface area contributed by atoms with Gasteiger partial charge < -0.3 is 9.47 Å². The van der Waals surface area contributed by atoms with E-state index >= 15 is 0 Å². The number of rotatable bonds is 4. The Morgan fingerprint density at radius 3 is 2.50 bits per heavy atom. The molecule has 0 saturated carbocycles. The van der Waals surface area contributed by atoms with Gasteiger partial charge in [-0.2, -0.15) is 0 Å². The maximum Gasteiger partial charge on any atom is 0.343 e. The van der Waals surface area contributed by atoms with E-state index < -0.39 is 5.97 Å². The molecule has 3 aromatic carbocycles. The van der Waals surface area contributed by atoms with Crippen molar-refractivity contribution in [2.24, 2.45) is 0 Å². The number of hydrogen-bond acceptors (Lipinski definition) is 3. The zero-order valence-corrected chi connectivity index (χ0v) is 16.1. The Bertz CT molecular complexity index is 906. The van der Waals surface area contributed by atoms with Gasteiger partial charge in [0.2, 0.25) is 0 Å². The summed E-state index contributed by atoms with van der Waals surface area (Å²) in [6, 6.07) is 16.7. The second-order valence-electron chi connectivity index (χ2n) is 5.07. The molecule has 0 aliphatic rings. The highest BCUT2D eigenvalue weighted by atomic mass is 79.9. The number of benzene rings is 3. The second-order valence-corrected chi connectivity index (χ2v) is 6.71. The standard InChI is InChI=1S/C19H14Br2O3/c1-2-23-16-9-8-13(11-15(16)20)19(22)24-17-10-7-12-5-3-4-6-14(12)18(17)21/h3-11H,2H2,1H3. The van der Waals surface area contributed by atoms with Gasteiger partial charge in [-0.05, 0) is 73.8 Å². The molecule has 0 aliphatic carbocycles. The molecule has 0 aromatic heterocycles. The van der Waals surface area contributed by atoms with Crippen molar-refractivity contribution in [2.45, 2.75) is 6.92 Å². The lowest BCUT2D eigenvalue weighted by Gasteiger charge is -2.10. The molecule has 0 spiro atoms. The first-order valence-corrected chi connectivity index (χ1v) is 9.00. The van der Waals surface area contributed by atoms with Crippen molar-refractivity contribution in [1.29, 1.82) is 0 Å². The molecule has 24 heavy (non-hydrogen) atoms. The van der Waals surface area contributed by atoms with Crippen molar-refractivity contribution < 1.29 is 14.3 Å². The highest BCUT2D eigenvalue weighted by Gasteiger charge is 2.14. The zero-order chi connectivity index (χ0) is 17.1. The Morgan fingerprint density at radius 1 is 1.00 bits per heavy atom. The zero-order valence-electron chi connectivity index (χ0n) is 12.9. The van der Waals surface area contributed by atoms with Gasteiger partial charge in [-0.1, -0.05) is 30.3 Å². The third-order valence-corrected chi connectivity index (χ3v) is 4.94. The topological polar surface area (TPSA) is 35.5 Å². The second kappa shape index (κ2) is 7.36. The average molecular weight is 450 g/mol. The molecule has 0 fully saturated rings. The van der Waals surface area contributed by atoms with E-state index in [1.54, 1.807) is 24.3 Å². The van der Waals surface area contributed by atoms with Crippen LogP contribution in [0.4, 0.5) is 0 Å². The molecule has 0 N–H and O–H groups in total. The summed E-state index contributed by atoms with van der Waals surface area (Å²) in [6.07, 6.45) is 0. The third-order valence-electron chi connectivity index (χ3n) is 3.50. The van der Waals surface area contributed by atoms with Crippen molar-refractivity contribution >= 4 is 48.6 Å². The lowest BCUT2D eigenvalue weighted by atomic mass is 10.1. The molecule has 0 heterocycles. The van der Waals surface area contributed by atoms with Crippen LogP contribution in [0.25, 0.3) is 10.8 Å². The molecular weight excluding hydrogens is 436 g/mol. The van der Waals surface area contributed by atoms with Crippen LogP contribution in [0.5, 0.6) is 11.5 Å². The van der Waals surface area contributed by atoms with Crippen molar-refractivity contribution in [2.75, 3.05) is 6.61 Å². The van der Waals surface area contributed by atoms with E-state index in [2.05, 4.69) is 31.9 Å². The molecule has 0 amide bonds. The first-order chi connectivity index (χ1) is 11.6. The van der Waals surface area contributed by atoms with Gasteiger partial charge in [0, 0.05) is 0 Å². The summed E-state index contributed by atoms with van der Waals surface area (Å²) >= 11 is 6.93. The molecular formula is C19H14Br2O3. The number of halogens is 2.